The molecule has 1 heterocycles. The van der Waals surface area contributed by atoms with E-state index in [1.165, 1.54) is 16.7 Å². The van der Waals surface area contributed by atoms with Crippen LogP contribution < -0.4 is 10.1 Å². The maximum atomic E-state index is 5.47. The van der Waals surface area contributed by atoms with Gasteiger partial charge in [-0.15, -0.1) is 0 Å². The second kappa shape index (κ2) is 8.07. The zero-order chi connectivity index (χ0) is 21.3. The first kappa shape index (κ1) is 20.4. The molecule has 1 aromatic heterocycles. The Balaban J connectivity index is 1.61. The fourth-order valence-electron chi connectivity index (χ4n) is 4.07. The molecule has 0 aliphatic heterocycles. The van der Waals surface area contributed by atoms with Crippen LogP contribution in [0.1, 0.15) is 30.5 Å². The number of anilines is 2. The summed E-state index contributed by atoms with van der Waals surface area (Å²) in [4.78, 5) is 11.7. The van der Waals surface area contributed by atoms with Crippen LogP contribution in [0.15, 0.2) is 48.7 Å². The summed E-state index contributed by atoms with van der Waals surface area (Å²) in [6.45, 7) is 5.58. The summed E-state index contributed by atoms with van der Waals surface area (Å²) in [5, 5.41) is 3.36. The smallest absolute Gasteiger partial charge is 0.227 e. The predicted molar refractivity (Wildman–Crippen MR) is 123 cm³/mol. The fraction of sp³-hybridized carbons (Fsp3) is 0.360. The molecule has 4 rings (SSSR count). The van der Waals surface area contributed by atoms with Gasteiger partial charge in [-0.25, -0.2) is 9.97 Å². The highest BCUT2D eigenvalue weighted by atomic mass is 16.5. The maximum Gasteiger partial charge on any atom is 0.227 e. The van der Waals surface area contributed by atoms with Gasteiger partial charge in [0.1, 0.15) is 5.75 Å². The van der Waals surface area contributed by atoms with Crippen LogP contribution in [0.3, 0.4) is 0 Å². The molecule has 156 valence electrons. The van der Waals surface area contributed by atoms with Crippen molar-refractivity contribution in [1.29, 1.82) is 0 Å². The molecule has 2 aromatic carbocycles. The van der Waals surface area contributed by atoms with Crippen molar-refractivity contribution in [3.05, 3.63) is 65.4 Å². The Labute approximate surface area is 179 Å². The van der Waals surface area contributed by atoms with E-state index in [0.29, 0.717) is 5.95 Å². The monoisotopic (exact) mass is 402 g/mol. The van der Waals surface area contributed by atoms with Crippen molar-refractivity contribution in [2.75, 3.05) is 33.1 Å². The predicted octanol–water partition coefficient (Wildman–Crippen LogP) is 4.83. The van der Waals surface area contributed by atoms with Gasteiger partial charge in [-0.05, 0) is 73.3 Å². The van der Waals surface area contributed by atoms with Crippen molar-refractivity contribution >= 4 is 11.6 Å². The first-order valence-electron chi connectivity index (χ1n) is 10.4. The Morgan fingerprint density at radius 1 is 1.10 bits per heavy atom. The van der Waals surface area contributed by atoms with E-state index in [4.69, 9.17) is 9.72 Å². The summed E-state index contributed by atoms with van der Waals surface area (Å²) < 4.78 is 5.47. The third-order valence-electron chi connectivity index (χ3n) is 5.77. The molecular formula is C25H30N4O. The van der Waals surface area contributed by atoms with Crippen LogP contribution in [0.25, 0.3) is 11.3 Å². The van der Waals surface area contributed by atoms with E-state index < -0.39 is 0 Å². The Bertz CT molecular complexity index is 1040. The van der Waals surface area contributed by atoms with Gasteiger partial charge in [-0.2, -0.15) is 0 Å². The van der Waals surface area contributed by atoms with E-state index in [1.807, 2.05) is 12.3 Å². The lowest BCUT2D eigenvalue weighted by Gasteiger charge is -2.33. The zero-order valence-electron chi connectivity index (χ0n) is 18.5. The van der Waals surface area contributed by atoms with Crippen LogP contribution in [0, 0.1) is 0 Å². The van der Waals surface area contributed by atoms with E-state index in [2.05, 4.69) is 79.5 Å². The van der Waals surface area contributed by atoms with Gasteiger partial charge in [-0.1, -0.05) is 32.0 Å². The number of benzene rings is 2. The van der Waals surface area contributed by atoms with Gasteiger partial charge in [-0.3, -0.25) is 0 Å². The molecule has 0 saturated carbocycles. The van der Waals surface area contributed by atoms with Crippen molar-refractivity contribution in [3.8, 4) is 17.0 Å². The van der Waals surface area contributed by atoms with Crippen LogP contribution in [-0.4, -0.2) is 42.6 Å². The molecule has 0 radical (unpaired) electrons. The van der Waals surface area contributed by atoms with E-state index in [-0.39, 0.29) is 5.41 Å². The SMILES string of the molecule is COc1ccc2c(c1)-c1nc(Nc3ccc(CCN(C)C)cc3)ncc1CC2(C)C. The van der Waals surface area contributed by atoms with Crippen LogP contribution in [0.4, 0.5) is 11.6 Å². The zero-order valence-corrected chi connectivity index (χ0v) is 18.5. The minimum atomic E-state index is 0.0370. The summed E-state index contributed by atoms with van der Waals surface area (Å²) in [5.74, 6) is 1.46. The first-order chi connectivity index (χ1) is 14.4. The number of methoxy groups -OCH3 is 1. The number of hydrogen-bond donors (Lipinski definition) is 1. The summed E-state index contributed by atoms with van der Waals surface area (Å²) >= 11 is 0. The third kappa shape index (κ3) is 4.17. The summed E-state index contributed by atoms with van der Waals surface area (Å²) in [5.41, 5.74) is 6.94. The number of hydrogen-bond acceptors (Lipinski definition) is 5. The van der Waals surface area contributed by atoms with E-state index in [1.54, 1.807) is 7.11 Å². The second-order valence-corrected chi connectivity index (χ2v) is 8.91. The average molecular weight is 403 g/mol. The number of ether oxygens (including phenoxy) is 1. The van der Waals surface area contributed by atoms with Crippen molar-refractivity contribution in [1.82, 2.24) is 14.9 Å². The molecule has 3 aromatic rings. The van der Waals surface area contributed by atoms with Gasteiger partial charge in [0.25, 0.3) is 0 Å². The average Bonchev–Trinajstić information content (AvgIpc) is 2.73. The Hall–Kier alpha value is -2.92. The Kier molecular flexibility index (Phi) is 5.48. The molecule has 0 saturated heterocycles. The number of nitrogens with zero attached hydrogens (tertiary/aromatic N) is 3. The van der Waals surface area contributed by atoms with Crippen molar-refractivity contribution in [3.63, 3.8) is 0 Å². The lowest BCUT2D eigenvalue weighted by molar-refractivity contribution is 0.413. The standard InChI is InChI=1S/C25H30N4O/c1-25(2)15-18-16-26-24(27-19-8-6-17(7-9-19)12-13-29(3)4)28-23(18)21-14-20(30-5)10-11-22(21)25/h6-11,14,16H,12-13,15H2,1-5H3,(H,26,27,28). The molecular weight excluding hydrogens is 372 g/mol. The van der Waals surface area contributed by atoms with Crippen molar-refractivity contribution in [2.45, 2.75) is 32.1 Å². The van der Waals surface area contributed by atoms with Gasteiger partial charge in [0, 0.05) is 24.0 Å². The quantitative estimate of drug-likeness (QED) is 0.640. The summed E-state index contributed by atoms with van der Waals surface area (Å²) in [6.07, 6.45) is 3.92. The number of nitrogens with one attached hydrogen (secondary N) is 1. The summed E-state index contributed by atoms with van der Waals surface area (Å²) in [7, 11) is 5.89. The fourth-order valence-corrected chi connectivity index (χ4v) is 4.07. The molecule has 0 unspecified atom stereocenters. The molecule has 0 atom stereocenters. The highest BCUT2D eigenvalue weighted by Crippen LogP contribution is 2.43. The van der Waals surface area contributed by atoms with Gasteiger partial charge >= 0.3 is 0 Å². The highest BCUT2D eigenvalue weighted by molar-refractivity contribution is 5.74. The second-order valence-electron chi connectivity index (χ2n) is 8.91. The number of fused-ring (bicyclic) bond motifs is 3. The molecule has 0 amide bonds. The molecule has 5 nitrogen and oxygen atoms in total. The molecule has 1 N–H and O–H groups in total. The van der Waals surface area contributed by atoms with Gasteiger partial charge in [0.15, 0.2) is 0 Å². The van der Waals surface area contributed by atoms with Crippen molar-refractivity contribution in [2.24, 2.45) is 0 Å². The van der Waals surface area contributed by atoms with Crippen LogP contribution >= 0.6 is 0 Å². The lowest BCUT2D eigenvalue weighted by atomic mass is 9.72. The molecule has 1 aliphatic carbocycles. The Morgan fingerprint density at radius 2 is 1.87 bits per heavy atom. The number of aromatic nitrogens is 2. The molecule has 0 spiro atoms. The molecule has 1 aliphatic rings. The largest absolute Gasteiger partial charge is 0.497 e. The number of likely N-dealkylation sites (N-methyl/N-ethyl adjacent to an activating group) is 1. The Morgan fingerprint density at radius 3 is 2.57 bits per heavy atom. The first-order valence-corrected chi connectivity index (χ1v) is 10.4. The lowest BCUT2D eigenvalue weighted by Crippen LogP contribution is -2.26. The number of rotatable bonds is 6. The molecule has 0 bridgehead atoms. The topological polar surface area (TPSA) is 50.3 Å². The molecule has 0 fully saturated rings. The van der Waals surface area contributed by atoms with Crippen LogP contribution in [0.2, 0.25) is 0 Å². The van der Waals surface area contributed by atoms with Gasteiger partial charge in [0.2, 0.25) is 5.95 Å². The minimum absolute atomic E-state index is 0.0370. The van der Waals surface area contributed by atoms with Gasteiger partial charge < -0.3 is 15.0 Å². The van der Waals surface area contributed by atoms with Crippen molar-refractivity contribution < 1.29 is 4.74 Å². The third-order valence-corrected chi connectivity index (χ3v) is 5.77. The summed E-state index contributed by atoms with van der Waals surface area (Å²) in [6, 6.07) is 14.8. The van der Waals surface area contributed by atoms with E-state index >= 15 is 0 Å². The van der Waals surface area contributed by atoms with Gasteiger partial charge in [0.05, 0.1) is 12.8 Å². The van der Waals surface area contributed by atoms with Crippen LogP contribution in [0.5, 0.6) is 5.75 Å². The minimum Gasteiger partial charge on any atom is -0.497 e. The van der Waals surface area contributed by atoms with E-state index in [0.717, 1.165) is 42.1 Å². The normalized spacial score (nSPS) is 14.2. The molecule has 30 heavy (non-hydrogen) atoms. The molecule has 5 heteroatoms. The maximum absolute atomic E-state index is 5.47. The van der Waals surface area contributed by atoms with E-state index in [9.17, 15) is 0 Å². The van der Waals surface area contributed by atoms with Crippen LogP contribution in [-0.2, 0) is 18.3 Å². The highest BCUT2D eigenvalue weighted by Gasteiger charge is 2.32.